The third-order valence-corrected chi connectivity index (χ3v) is 2.18. The van der Waals surface area contributed by atoms with Gasteiger partial charge in [0.25, 0.3) is 5.91 Å². The third-order valence-electron chi connectivity index (χ3n) is 2.18. The molecule has 0 aliphatic carbocycles. The molecule has 16 heavy (non-hydrogen) atoms. The Bertz CT molecular complexity index is 336. The first-order chi connectivity index (χ1) is 7.63. The molecule has 0 radical (unpaired) electrons. The lowest BCUT2D eigenvalue weighted by Gasteiger charge is -2.11. The molecule has 1 aromatic rings. The van der Waals surface area contributed by atoms with Crippen molar-refractivity contribution < 1.29 is 4.79 Å². The molecule has 0 saturated carbocycles. The Hall–Kier alpha value is -1.49. The monoisotopic (exact) mass is 222 g/mol. The zero-order chi connectivity index (χ0) is 12.0. The van der Waals surface area contributed by atoms with E-state index in [1.54, 1.807) is 6.20 Å². The quantitative estimate of drug-likeness (QED) is 0.755. The maximum atomic E-state index is 11.6. The highest BCUT2D eigenvalue weighted by atomic mass is 16.1. The first-order valence-corrected chi connectivity index (χ1v) is 5.35. The van der Waals surface area contributed by atoms with E-state index in [1.165, 1.54) is 6.20 Å². The van der Waals surface area contributed by atoms with Crippen LogP contribution in [0.1, 0.15) is 23.1 Å². The summed E-state index contributed by atoms with van der Waals surface area (Å²) in [4.78, 5) is 19.7. The van der Waals surface area contributed by atoms with Crippen LogP contribution in [0, 0.1) is 12.8 Å². The number of aryl methyl sites for hydroxylation is 1. The zero-order valence-electron chi connectivity index (χ0n) is 9.95. The van der Waals surface area contributed by atoms with Crippen molar-refractivity contribution in [1.29, 1.82) is 0 Å². The average Bonchev–Trinajstić information content (AvgIpc) is 2.27. The Morgan fingerprint density at radius 2 is 2.12 bits per heavy atom. The largest absolute Gasteiger partial charge is 0.350 e. The van der Waals surface area contributed by atoms with Crippen LogP contribution in [0.5, 0.6) is 0 Å². The summed E-state index contributed by atoms with van der Waals surface area (Å²) in [6.07, 6.45) is 3.08. The summed E-state index contributed by atoms with van der Waals surface area (Å²) in [6, 6.07) is 0. The lowest BCUT2D eigenvalue weighted by molar-refractivity contribution is 0.0942. The van der Waals surface area contributed by atoms with Crippen molar-refractivity contribution in [3.8, 4) is 0 Å². The first-order valence-electron chi connectivity index (χ1n) is 5.35. The molecular formula is C11H18N4O. The van der Waals surface area contributed by atoms with Crippen LogP contribution in [-0.4, -0.2) is 36.0 Å². The highest BCUT2D eigenvalue weighted by Gasteiger charge is 2.08. The van der Waals surface area contributed by atoms with Crippen LogP contribution in [0.3, 0.4) is 0 Å². The first kappa shape index (κ1) is 12.6. The van der Waals surface area contributed by atoms with Crippen LogP contribution in [0.2, 0.25) is 0 Å². The second-order valence-corrected chi connectivity index (χ2v) is 3.92. The molecule has 1 amide bonds. The molecule has 0 fully saturated rings. The SMILES string of the molecule is CNCC(C)CNC(=O)c1cnc(C)cn1. The second kappa shape index (κ2) is 6.17. The number of hydrogen-bond donors (Lipinski definition) is 2. The molecule has 0 saturated heterocycles. The van der Waals surface area contributed by atoms with Crippen molar-refractivity contribution in [3.05, 3.63) is 23.8 Å². The minimum absolute atomic E-state index is 0.171. The van der Waals surface area contributed by atoms with Gasteiger partial charge in [-0.1, -0.05) is 6.92 Å². The molecule has 1 unspecified atom stereocenters. The highest BCUT2D eigenvalue weighted by Crippen LogP contribution is 1.95. The molecular weight excluding hydrogens is 204 g/mol. The number of nitrogens with one attached hydrogen (secondary N) is 2. The lowest BCUT2D eigenvalue weighted by Crippen LogP contribution is -2.32. The van der Waals surface area contributed by atoms with E-state index in [0.717, 1.165) is 12.2 Å². The van der Waals surface area contributed by atoms with E-state index in [-0.39, 0.29) is 5.91 Å². The number of hydrogen-bond acceptors (Lipinski definition) is 4. The molecule has 1 rings (SSSR count). The normalized spacial score (nSPS) is 12.2. The van der Waals surface area contributed by atoms with E-state index >= 15 is 0 Å². The van der Waals surface area contributed by atoms with Crippen LogP contribution in [0.4, 0.5) is 0 Å². The minimum atomic E-state index is -0.171. The van der Waals surface area contributed by atoms with Crippen molar-refractivity contribution >= 4 is 5.91 Å². The predicted molar refractivity (Wildman–Crippen MR) is 62.2 cm³/mol. The molecule has 0 aromatic carbocycles. The number of amides is 1. The minimum Gasteiger partial charge on any atom is -0.350 e. The fourth-order valence-corrected chi connectivity index (χ4v) is 1.29. The number of rotatable bonds is 5. The van der Waals surface area contributed by atoms with Crippen LogP contribution < -0.4 is 10.6 Å². The van der Waals surface area contributed by atoms with Crippen LogP contribution in [-0.2, 0) is 0 Å². The molecule has 1 aromatic heterocycles. The maximum absolute atomic E-state index is 11.6. The summed E-state index contributed by atoms with van der Waals surface area (Å²) in [5, 5.41) is 5.88. The number of aromatic nitrogens is 2. The van der Waals surface area contributed by atoms with Crippen LogP contribution in [0.25, 0.3) is 0 Å². The summed E-state index contributed by atoms with van der Waals surface area (Å²) < 4.78 is 0. The van der Waals surface area contributed by atoms with E-state index in [0.29, 0.717) is 18.2 Å². The van der Waals surface area contributed by atoms with Gasteiger partial charge in [-0.2, -0.15) is 0 Å². The maximum Gasteiger partial charge on any atom is 0.271 e. The Labute approximate surface area is 95.7 Å². The Morgan fingerprint density at radius 3 is 2.69 bits per heavy atom. The van der Waals surface area contributed by atoms with Crippen LogP contribution >= 0.6 is 0 Å². The van der Waals surface area contributed by atoms with Crippen molar-refractivity contribution in [2.75, 3.05) is 20.1 Å². The van der Waals surface area contributed by atoms with Gasteiger partial charge in [-0.25, -0.2) is 4.98 Å². The zero-order valence-corrected chi connectivity index (χ0v) is 9.95. The van der Waals surface area contributed by atoms with Gasteiger partial charge in [0.15, 0.2) is 0 Å². The summed E-state index contributed by atoms with van der Waals surface area (Å²) in [7, 11) is 1.89. The molecule has 2 N–H and O–H groups in total. The fourth-order valence-electron chi connectivity index (χ4n) is 1.29. The summed E-state index contributed by atoms with van der Waals surface area (Å²) in [5.41, 5.74) is 1.17. The molecule has 0 bridgehead atoms. The van der Waals surface area contributed by atoms with Gasteiger partial charge in [-0.3, -0.25) is 9.78 Å². The lowest BCUT2D eigenvalue weighted by atomic mass is 10.2. The molecule has 1 atom stereocenters. The summed E-state index contributed by atoms with van der Waals surface area (Å²) in [5.74, 6) is 0.225. The van der Waals surface area contributed by atoms with Gasteiger partial charge >= 0.3 is 0 Å². The molecule has 0 aliphatic heterocycles. The van der Waals surface area contributed by atoms with Crippen molar-refractivity contribution in [2.45, 2.75) is 13.8 Å². The Balaban J connectivity index is 2.43. The van der Waals surface area contributed by atoms with E-state index in [9.17, 15) is 4.79 Å². The van der Waals surface area contributed by atoms with Gasteiger partial charge in [-0.15, -0.1) is 0 Å². The van der Waals surface area contributed by atoms with Crippen molar-refractivity contribution in [3.63, 3.8) is 0 Å². The van der Waals surface area contributed by atoms with E-state index in [4.69, 9.17) is 0 Å². The summed E-state index contributed by atoms with van der Waals surface area (Å²) >= 11 is 0. The van der Waals surface area contributed by atoms with Gasteiger partial charge < -0.3 is 10.6 Å². The molecule has 0 aliphatic rings. The van der Waals surface area contributed by atoms with Crippen LogP contribution in [0.15, 0.2) is 12.4 Å². The standard InChI is InChI=1S/C11H18N4O/c1-8(4-12-3)5-15-11(16)10-7-13-9(2)6-14-10/h6-8,12H,4-5H2,1-3H3,(H,15,16). The van der Waals surface area contributed by atoms with Gasteiger partial charge in [-0.05, 0) is 26.4 Å². The number of carbonyl (C=O) groups is 1. The fraction of sp³-hybridized carbons (Fsp3) is 0.545. The van der Waals surface area contributed by atoms with E-state index < -0.39 is 0 Å². The van der Waals surface area contributed by atoms with Crippen molar-refractivity contribution in [2.24, 2.45) is 5.92 Å². The second-order valence-electron chi connectivity index (χ2n) is 3.92. The smallest absolute Gasteiger partial charge is 0.271 e. The predicted octanol–water partition coefficient (Wildman–Crippen LogP) is 0.370. The molecule has 5 nitrogen and oxygen atoms in total. The molecule has 1 heterocycles. The third kappa shape index (κ3) is 3.94. The van der Waals surface area contributed by atoms with Gasteiger partial charge in [0.1, 0.15) is 5.69 Å². The molecule has 88 valence electrons. The molecule has 0 spiro atoms. The highest BCUT2D eigenvalue weighted by molar-refractivity contribution is 5.91. The topological polar surface area (TPSA) is 66.9 Å². The van der Waals surface area contributed by atoms with Crippen molar-refractivity contribution in [1.82, 2.24) is 20.6 Å². The average molecular weight is 222 g/mol. The molecule has 5 heteroatoms. The van der Waals surface area contributed by atoms with Gasteiger partial charge in [0.2, 0.25) is 0 Å². The van der Waals surface area contributed by atoms with E-state index in [2.05, 4.69) is 27.5 Å². The Kier molecular flexibility index (Phi) is 4.85. The van der Waals surface area contributed by atoms with Gasteiger partial charge in [0.05, 0.1) is 11.9 Å². The van der Waals surface area contributed by atoms with Gasteiger partial charge in [0, 0.05) is 12.7 Å². The van der Waals surface area contributed by atoms with E-state index in [1.807, 2.05) is 14.0 Å². The number of carbonyl (C=O) groups excluding carboxylic acids is 1. The Morgan fingerprint density at radius 1 is 1.38 bits per heavy atom. The number of nitrogens with zero attached hydrogens (tertiary/aromatic N) is 2. The summed E-state index contributed by atoms with van der Waals surface area (Å²) in [6.45, 7) is 5.41.